The Labute approximate surface area is 143 Å². The molecule has 0 aliphatic heterocycles. The second-order valence-corrected chi connectivity index (χ2v) is 5.89. The van der Waals surface area contributed by atoms with Gasteiger partial charge in [0.1, 0.15) is 17.9 Å². The first-order chi connectivity index (χ1) is 11.6. The third kappa shape index (κ3) is 5.11. The average molecular weight is 332 g/mol. The average Bonchev–Trinajstić information content (AvgIpc) is 3.24. The number of guanidine groups is 1. The van der Waals surface area contributed by atoms with Gasteiger partial charge >= 0.3 is 0 Å². The SMILES string of the molecule is CCc1nncn1CCN=C(NC(C)CC)N(C)Cc1ccco1. The summed E-state index contributed by atoms with van der Waals surface area (Å²) < 4.78 is 7.49. The number of aromatic nitrogens is 3. The Morgan fingerprint density at radius 1 is 1.46 bits per heavy atom. The molecule has 132 valence electrons. The highest BCUT2D eigenvalue weighted by molar-refractivity contribution is 5.80. The molecule has 0 fully saturated rings. The third-order valence-electron chi connectivity index (χ3n) is 3.94. The van der Waals surface area contributed by atoms with E-state index in [1.54, 1.807) is 12.6 Å². The lowest BCUT2D eigenvalue weighted by molar-refractivity contribution is 0.393. The molecule has 0 radical (unpaired) electrons. The molecule has 0 aliphatic rings. The fraction of sp³-hybridized carbons (Fsp3) is 0.588. The molecule has 1 unspecified atom stereocenters. The summed E-state index contributed by atoms with van der Waals surface area (Å²) in [5, 5.41) is 11.5. The Morgan fingerprint density at radius 2 is 2.29 bits per heavy atom. The first-order valence-corrected chi connectivity index (χ1v) is 8.55. The lowest BCUT2D eigenvalue weighted by Gasteiger charge is -2.24. The van der Waals surface area contributed by atoms with Crippen molar-refractivity contribution < 1.29 is 4.42 Å². The monoisotopic (exact) mass is 332 g/mol. The number of aliphatic imine (C=N–C) groups is 1. The van der Waals surface area contributed by atoms with Gasteiger partial charge < -0.3 is 19.2 Å². The third-order valence-corrected chi connectivity index (χ3v) is 3.94. The Hall–Kier alpha value is -2.31. The van der Waals surface area contributed by atoms with Crippen molar-refractivity contribution in [3.63, 3.8) is 0 Å². The summed E-state index contributed by atoms with van der Waals surface area (Å²) in [7, 11) is 2.02. The number of hydrogen-bond acceptors (Lipinski definition) is 4. The molecule has 0 spiro atoms. The molecular formula is C17H28N6O. The van der Waals surface area contributed by atoms with E-state index in [0.29, 0.717) is 19.1 Å². The largest absolute Gasteiger partial charge is 0.467 e. The van der Waals surface area contributed by atoms with Crippen LogP contribution in [0.1, 0.15) is 38.8 Å². The van der Waals surface area contributed by atoms with E-state index in [1.807, 2.05) is 19.2 Å². The molecule has 0 aromatic carbocycles. The highest BCUT2D eigenvalue weighted by atomic mass is 16.3. The van der Waals surface area contributed by atoms with Crippen LogP contribution in [0.15, 0.2) is 34.1 Å². The van der Waals surface area contributed by atoms with Crippen molar-refractivity contribution in [2.24, 2.45) is 4.99 Å². The van der Waals surface area contributed by atoms with Gasteiger partial charge in [-0.3, -0.25) is 4.99 Å². The predicted octanol–water partition coefficient (Wildman–Crippen LogP) is 2.31. The number of hydrogen-bond donors (Lipinski definition) is 1. The van der Waals surface area contributed by atoms with E-state index in [0.717, 1.165) is 36.9 Å². The van der Waals surface area contributed by atoms with Gasteiger partial charge in [0.2, 0.25) is 0 Å². The maximum atomic E-state index is 5.43. The van der Waals surface area contributed by atoms with Gasteiger partial charge in [-0.2, -0.15) is 0 Å². The van der Waals surface area contributed by atoms with Gasteiger partial charge in [0.15, 0.2) is 5.96 Å². The number of nitrogens with zero attached hydrogens (tertiary/aromatic N) is 5. The van der Waals surface area contributed by atoms with Crippen molar-refractivity contribution in [3.05, 3.63) is 36.3 Å². The fourth-order valence-corrected chi connectivity index (χ4v) is 2.31. The molecule has 1 atom stereocenters. The zero-order valence-corrected chi connectivity index (χ0v) is 15.1. The van der Waals surface area contributed by atoms with Gasteiger partial charge in [0.05, 0.1) is 19.4 Å². The Bertz CT molecular complexity index is 619. The number of nitrogens with one attached hydrogen (secondary N) is 1. The van der Waals surface area contributed by atoms with Crippen LogP contribution >= 0.6 is 0 Å². The molecule has 0 saturated carbocycles. The lowest BCUT2D eigenvalue weighted by atomic mass is 10.3. The van der Waals surface area contributed by atoms with E-state index in [4.69, 9.17) is 9.41 Å². The number of rotatable bonds is 8. The standard InChI is InChI=1S/C17H28N6O/c1-5-14(3)20-17(22(4)12-15-8-7-11-24-15)18-9-10-23-13-19-21-16(23)6-2/h7-8,11,13-14H,5-6,9-10,12H2,1-4H3,(H,18,20). The zero-order valence-electron chi connectivity index (χ0n) is 15.1. The van der Waals surface area contributed by atoms with Gasteiger partial charge in [-0.05, 0) is 25.5 Å². The Morgan fingerprint density at radius 3 is 2.96 bits per heavy atom. The summed E-state index contributed by atoms with van der Waals surface area (Å²) in [6, 6.07) is 4.24. The van der Waals surface area contributed by atoms with Gasteiger partial charge in [-0.15, -0.1) is 10.2 Å². The van der Waals surface area contributed by atoms with Crippen molar-refractivity contribution in [2.75, 3.05) is 13.6 Å². The van der Waals surface area contributed by atoms with Crippen LogP contribution in [0.5, 0.6) is 0 Å². The first kappa shape index (κ1) is 18.0. The van der Waals surface area contributed by atoms with E-state index < -0.39 is 0 Å². The summed E-state index contributed by atoms with van der Waals surface area (Å²) in [6.45, 7) is 8.53. The highest BCUT2D eigenvalue weighted by Crippen LogP contribution is 2.05. The molecule has 2 heterocycles. The lowest BCUT2D eigenvalue weighted by Crippen LogP contribution is -2.43. The number of furan rings is 1. The van der Waals surface area contributed by atoms with Gasteiger partial charge in [0, 0.05) is 26.1 Å². The van der Waals surface area contributed by atoms with E-state index >= 15 is 0 Å². The molecule has 0 aliphatic carbocycles. The molecule has 0 bridgehead atoms. The van der Waals surface area contributed by atoms with E-state index in [9.17, 15) is 0 Å². The Kier molecular flexibility index (Phi) is 6.84. The second-order valence-electron chi connectivity index (χ2n) is 5.89. The normalized spacial score (nSPS) is 13.1. The van der Waals surface area contributed by atoms with E-state index in [-0.39, 0.29) is 0 Å². The van der Waals surface area contributed by atoms with Crippen LogP contribution in [0.25, 0.3) is 0 Å². The maximum Gasteiger partial charge on any atom is 0.194 e. The minimum atomic E-state index is 0.365. The van der Waals surface area contributed by atoms with Crippen molar-refractivity contribution >= 4 is 5.96 Å². The molecule has 7 heteroatoms. The van der Waals surface area contributed by atoms with Crippen LogP contribution in [-0.4, -0.2) is 45.3 Å². The molecule has 1 N–H and O–H groups in total. The second kappa shape index (κ2) is 9.10. The smallest absolute Gasteiger partial charge is 0.194 e. The Balaban J connectivity index is 2.00. The quantitative estimate of drug-likeness (QED) is 0.593. The van der Waals surface area contributed by atoms with Gasteiger partial charge in [-0.25, -0.2) is 0 Å². The minimum absolute atomic E-state index is 0.365. The van der Waals surface area contributed by atoms with Crippen molar-refractivity contribution in [1.82, 2.24) is 25.0 Å². The van der Waals surface area contributed by atoms with Crippen LogP contribution < -0.4 is 5.32 Å². The summed E-state index contributed by atoms with van der Waals surface area (Å²) in [6.07, 6.45) is 5.38. The molecular weight excluding hydrogens is 304 g/mol. The molecule has 2 rings (SSSR count). The van der Waals surface area contributed by atoms with Gasteiger partial charge in [-0.1, -0.05) is 13.8 Å². The van der Waals surface area contributed by atoms with E-state index in [1.165, 1.54) is 0 Å². The topological polar surface area (TPSA) is 71.5 Å². The zero-order chi connectivity index (χ0) is 17.4. The van der Waals surface area contributed by atoms with Crippen molar-refractivity contribution in [1.29, 1.82) is 0 Å². The highest BCUT2D eigenvalue weighted by Gasteiger charge is 2.11. The summed E-state index contributed by atoms with van der Waals surface area (Å²) in [4.78, 5) is 6.84. The molecule has 7 nitrogen and oxygen atoms in total. The minimum Gasteiger partial charge on any atom is -0.467 e. The molecule has 24 heavy (non-hydrogen) atoms. The van der Waals surface area contributed by atoms with Crippen LogP contribution in [-0.2, 0) is 19.5 Å². The van der Waals surface area contributed by atoms with Gasteiger partial charge in [0.25, 0.3) is 0 Å². The molecule has 0 saturated heterocycles. The molecule has 0 amide bonds. The molecule has 2 aromatic rings. The van der Waals surface area contributed by atoms with E-state index in [2.05, 4.69) is 45.8 Å². The predicted molar refractivity (Wildman–Crippen MR) is 94.8 cm³/mol. The van der Waals surface area contributed by atoms with Crippen LogP contribution in [0.3, 0.4) is 0 Å². The summed E-state index contributed by atoms with van der Waals surface area (Å²) in [5.74, 6) is 2.79. The van der Waals surface area contributed by atoms with Crippen LogP contribution in [0.2, 0.25) is 0 Å². The summed E-state index contributed by atoms with van der Waals surface area (Å²) in [5.41, 5.74) is 0. The first-order valence-electron chi connectivity index (χ1n) is 8.55. The maximum absolute atomic E-state index is 5.43. The van der Waals surface area contributed by atoms with Crippen LogP contribution in [0, 0.1) is 0 Å². The molecule has 2 aromatic heterocycles. The number of aryl methyl sites for hydroxylation is 1. The van der Waals surface area contributed by atoms with Crippen molar-refractivity contribution in [2.45, 2.75) is 52.7 Å². The van der Waals surface area contributed by atoms with Crippen LogP contribution in [0.4, 0.5) is 0 Å². The summed E-state index contributed by atoms with van der Waals surface area (Å²) >= 11 is 0. The van der Waals surface area contributed by atoms with Crippen molar-refractivity contribution in [3.8, 4) is 0 Å². The fourth-order valence-electron chi connectivity index (χ4n) is 2.31.